The molecular formula is C16H18ClNO4. The van der Waals surface area contributed by atoms with E-state index in [0.717, 1.165) is 6.42 Å². The molecule has 0 radical (unpaired) electrons. The van der Waals surface area contributed by atoms with Crippen LogP contribution < -0.4 is 4.74 Å². The Kier molecular flexibility index (Phi) is 4.25. The summed E-state index contributed by atoms with van der Waals surface area (Å²) in [4.78, 5) is 25.2. The Morgan fingerprint density at radius 1 is 1.23 bits per heavy atom. The summed E-state index contributed by atoms with van der Waals surface area (Å²) in [7, 11) is 0. The standard InChI is InChI=1S/C16H18ClNO4/c17-10-2-1-3-11(8-10)22-12-6-7-18(9-12)15(19)13-4-5-14(13)16(20)21/h1-3,8,12-14H,4-7,9H2,(H,20,21). The maximum Gasteiger partial charge on any atom is 0.307 e. The average Bonchev–Trinajstić information content (AvgIpc) is 2.85. The first kappa shape index (κ1) is 15.2. The van der Waals surface area contributed by atoms with Crippen LogP contribution in [0.15, 0.2) is 24.3 Å². The van der Waals surface area contributed by atoms with Crippen LogP contribution in [0.4, 0.5) is 0 Å². The Balaban J connectivity index is 1.56. The highest BCUT2D eigenvalue weighted by atomic mass is 35.5. The Hall–Kier alpha value is -1.75. The number of carbonyl (C=O) groups is 2. The Bertz CT molecular complexity index is 591. The molecule has 1 aliphatic carbocycles. The molecule has 3 rings (SSSR count). The number of aliphatic carboxylic acids is 1. The van der Waals surface area contributed by atoms with E-state index in [9.17, 15) is 9.59 Å². The van der Waals surface area contributed by atoms with E-state index in [1.807, 2.05) is 12.1 Å². The van der Waals surface area contributed by atoms with Crippen molar-refractivity contribution in [3.8, 4) is 5.75 Å². The number of ether oxygens (including phenoxy) is 1. The van der Waals surface area contributed by atoms with Crippen molar-refractivity contribution in [2.24, 2.45) is 11.8 Å². The van der Waals surface area contributed by atoms with Gasteiger partial charge in [0.05, 0.1) is 18.4 Å². The topological polar surface area (TPSA) is 66.8 Å². The molecule has 2 aliphatic rings. The van der Waals surface area contributed by atoms with Crippen LogP contribution in [0.1, 0.15) is 19.3 Å². The largest absolute Gasteiger partial charge is 0.488 e. The molecule has 1 aromatic carbocycles. The number of carbonyl (C=O) groups excluding carboxylic acids is 1. The highest BCUT2D eigenvalue weighted by Crippen LogP contribution is 2.36. The van der Waals surface area contributed by atoms with Crippen LogP contribution in [0, 0.1) is 11.8 Å². The number of amides is 1. The van der Waals surface area contributed by atoms with Gasteiger partial charge < -0.3 is 14.7 Å². The van der Waals surface area contributed by atoms with Crippen LogP contribution >= 0.6 is 11.6 Å². The number of hydrogen-bond acceptors (Lipinski definition) is 3. The monoisotopic (exact) mass is 323 g/mol. The van der Waals surface area contributed by atoms with Crippen LogP contribution in [-0.4, -0.2) is 41.1 Å². The highest BCUT2D eigenvalue weighted by molar-refractivity contribution is 6.30. The number of halogens is 1. The van der Waals surface area contributed by atoms with Crippen molar-refractivity contribution in [2.45, 2.75) is 25.4 Å². The molecule has 3 unspecified atom stereocenters. The maximum atomic E-state index is 12.4. The second-order valence-corrected chi connectivity index (χ2v) is 6.34. The van der Waals surface area contributed by atoms with Gasteiger partial charge in [-0.15, -0.1) is 0 Å². The quantitative estimate of drug-likeness (QED) is 0.924. The Morgan fingerprint density at radius 2 is 2.00 bits per heavy atom. The molecular weight excluding hydrogens is 306 g/mol. The first-order valence-electron chi connectivity index (χ1n) is 7.48. The molecule has 1 aliphatic heterocycles. The number of hydrogen-bond donors (Lipinski definition) is 1. The number of rotatable bonds is 4. The number of carboxylic acids is 1. The first-order valence-corrected chi connectivity index (χ1v) is 7.86. The van der Waals surface area contributed by atoms with Crippen molar-refractivity contribution in [2.75, 3.05) is 13.1 Å². The third kappa shape index (κ3) is 3.04. The molecule has 1 N–H and O–H groups in total. The molecule has 2 fully saturated rings. The van der Waals surface area contributed by atoms with Crippen LogP contribution in [-0.2, 0) is 9.59 Å². The maximum absolute atomic E-state index is 12.4. The van der Waals surface area contributed by atoms with E-state index in [-0.39, 0.29) is 17.9 Å². The lowest BCUT2D eigenvalue weighted by atomic mass is 9.73. The van der Waals surface area contributed by atoms with E-state index >= 15 is 0 Å². The van der Waals surface area contributed by atoms with E-state index in [2.05, 4.69) is 0 Å². The van der Waals surface area contributed by atoms with Crippen LogP contribution in [0.2, 0.25) is 5.02 Å². The molecule has 22 heavy (non-hydrogen) atoms. The molecule has 0 bridgehead atoms. The lowest BCUT2D eigenvalue weighted by molar-refractivity contribution is -0.156. The summed E-state index contributed by atoms with van der Waals surface area (Å²) in [6.07, 6.45) is 1.96. The molecule has 6 heteroatoms. The summed E-state index contributed by atoms with van der Waals surface area (Å²) < 4.78 is 5.85. The molecule has 3 atom stereocenters. The van der Waals surface area contributed by atoms with Crippen molar-refractivity contribution < 1.29 is 19.4 Å². The summed E-state index contributed by atoms with van der Waals surface area (Å²) in [6, 6.07) is 7.18. The summed E-state index contributed by atoms with van der Waals surface area (Å²) in [6.45, 7) is 1.13. The van der Waals surface area contributed by atoms with Gasteiger partial charge in [0.25, 0.3) is 0 Å². The molecule has 1 amide bonds. The van der Waals surface area contributed by atoms with Crippen LogP contribution in [0.3, 0.4) is 0 Å². The third-order valence-electron chi connectivity index (χ3n) is 4.46. The van der Waals surface area contributed by atoms with Crippen molar-refractivity contribution in [3.63, 3.8) is 0 Å². The lowest BCUT2D eigenvalue weighted by Crippen LogP contribution is -2.45. The fraction of sp³-hybridized carbons (Fsp3) is 0.500. The van der Waals surface area contributed by atoms with E-state index in [1.165, 1.54) is 0 Å². The molecule has 1 aromatic rings. The molecule has 0 aromatic heterocycles. The summed E-state index contributed by atoms with van der Waals surface area (Å²) in [5.41, 5.74) is 0. The van der Waals surface area contributed by atoms with Gasteiger partial charge in [-0.3, -0.25) is 9.59 Å². The fourth-order valence-corrected chi connectivity index (χ4v) is 3.26. The minimum absolute atomic E-state index is 0.0455. The van der Waals surface area contributed by atoms with E-state index in [4.69, 9.17) is 21.4 Å². The molecule has 1 saturated heterocycles. The smallest absolute Gasteiger partial charge is 0.307 e. The third-order valence-corrected chi connectivity index (χ3v) is 4.70. The van der Waals surface area contributed by atoms with Gasteiger partial charge in [-0.2, -0.15) is 0 Å². The van der Waals surface area contributed by atoms with Gasteiger partial charge in [0.1, 0.15) is 11.9 Å². The summed E-state index contributed by atoms with van der Waals surface area (Å²) in [5.74, 6) is -1.09. The van der Waals surface area contributed by atoms with Gasteiger partial charge in [0, 0.05) is 18.0 Å². The second kappa shape index (κ2) is 6.16. The summed E-state index contributed by atoms with van der Waals surface area (Å²) >= 11 is 5.92. The van der Waals surface area contributed by atoms with Gasteiger partial charge in [-0.05, 0) is 31.0 Å². The summed E-state index contributed by atoms with van der Waals surface area (Å²) in [5, 5.41) is 9.67. The fourth-order valence-electron chi connectivity index (χ4n) is 3.08. The van der Waals surface area contributed by atoms with Crippen molar-refractivity contribution in [3.05, 3.63) is 29.3 Å². The van der Waals surface area contributed by atoms with Crippen LogP contribution in [0.25, 0.3) is 0 Å². The normalized spacial score (nSPS) is 27.3. The number of likely N-dealkylation sites (tertiary alicyclic amines) is 1. The van der Waals surface area contributed by atoms with Crippen molar-refractivity contribution >= 4 is 23.5 Å². The zero-order valence-electron chi connectivity index (χ0n) is 12.1. The molecule has 5 nitrogen and oxygen atoms in total. The van der Waals surface area contributed by atoms with Crippen LogP contribution in [0.5, 0.6) is 5.75 Å². The SMILES string of the molecule is O=C(O)C1CCC1C(=O)N1CCC(Oc2cccc(Cl)c2)C1. The first-order chi connectivity index (χ1) is 10.5. The van der Waals surface area contributed by atoms with Crippen molar-refractivity contribution in [1.29, 1.82) is 0 Å². The predicted molar refractivity (Wildman–Crippen MR) is 80.9 cm³/mol. The molecule has 1 saturated carbocycles. The molecule has 1 heterocycles. The number of benzene rings is 1. The Labute approximate surface area is 133 Å². The van der Waals surface area contributed by atoms with Gasteiger partial charge in [-0.1, -0.05) is 17.7 Å². The van der Waals surface area contributed by atoms with E-state index in [1.54, 1.807) is 17.0 Å². The zero-order valence-corrected chi connectivity index (χ0v) is 12.8. The average molecular weight is 324 g/mol. The number of nitrogens with zero attached hydrogens (tertiary/aromatic N) is 1. The van der Waals surface area contributed by atoms with Crippen molar-refractivity contribution in [1.82, 2.24) is 4.90 Å². The van der Waals surface area contributed by atoms with Gasteiger partial charge in [0.15, 0.2) is 0 Å². The number of carboxylic acid groups (broad SMARTS) is 1. The lowest BCUT2D eigenvalue weighted by Gasteiger charge is -2.34. The van der Waals surface area contributed by atoms with E-state index < -0.39 is 11.9 Å². The zero-order chi connectivity index (χ0) is 15.7. The van der Waals surface area contributed by atoms with Gasteiger partial charge in [0.2, 0.25) is 5.91 Å². The predicted octanol–water partition coefficient (Wildman–Crippen LogP) is 2.43. The van der Waals surface area contributed by atoms with Gasteiger partial charge >= 0.3 is 5.97 Å². The second-order valence-electron chi connectivity index (χ2n) is 5.90. The molecule has 0 spiro atoms. The molecule has 118 valence electrons. The highest BCUT2D eigenvalue weighted by Gasteiger charge is 2.44. The van der Waals surface area contributed by atoms with Gasteiger partial charge in [-0.25, -0.2) is 0 Å². The minimum atomic E-state index is -0.865. The minimum Gasteiger partial charge on any atom is -0.488 e. The Morgan fingerprint density at radius 3 is 2.64 bits per heavy atom. The van der Waals surface area contributed by atoms with E-state index in [0.29, 0.717) is 36.7 Å².